The van der Waals surface area contributed by atoms with Gasteiger partial charge in [-0.3, -0.25) is 5.10 Å². The summed E-state index contributed by atoms with van der Waals surface area (Å²) in [5.41, 5.74) is 7.27. The van der Waals surface area contributed by atoms with Crippen molar-refractivity contribution in [1.29, 1.82) is 0 Å². The van der Waals surface area contributed by atoms with Gasteiger partial charge in [0.1, 0.15) is 11.3 Å². The molecule has 0 atom stereocenters. The number of pyridine rings is 2. The van der Waals surface area contributed by atoms with E-state index in [0.717, 1.165) is 56.4 Å². The monoisotopic (exact) mass is 450 g/mol. The van der Waals surface area contributed by atoms with Crippen LogP contribution < -0.4 is 9.47 Å². The number of ether oxygens (including phenoxy) is 2. The van der Waals surface area contributed by atoms with E-state index < -0.39 is 0 Å². The van der Waals surface area contributed by atoms with Gasteiger partial charge in [-0.15, -0.1) is 0 Å². The normalized spacial score (nSPS) is 12.8. The van der Waals surface area contributed by atoms with Gasteiger partial charge in [-0.05, 0) is 42.8 Å². The highest BCUT2D eigenvalue weighted by Gasteiger charge is 2.19. The quantitative estimate of drug-likeness (QED) is 0.418. The van der Waals surface area contributed by atoms with Crippen LogP contribution >= 0.6 is 0 Å². The number of hydrogen-bond acceptors (Lipinski definition) is 7. The third-order valence-corrected chi connectivity index (χ3v) is 6.19. The number of fused-ring (bicyclic) bond motifs is 3. The highest BCUT2D eigenvalue weighted by Crippen LogP contribution is 2.38. The summed E-state index contributed by atoms with van der Waals surface area (Å²) in [5, 5.41) is 7.56. The fourth-order valence-electron chi connectivity index (χ4n) is 4.27. The molecule has 1 aliphatic rings. The zero-order chi connectivity index (χ0) is 22.8. The van der Waals surface area contributed by atoms with Crippen LogP contribution in [0, 0.1) is 6.92 Å². The van der Waals surface area contributed by atoms with E-state index in [9.17, 15) is 0 Å². The number of rotatable bonds is 3. The van der Waals surface area contributed by atoms with E-state index in [2.05, 4.69) is 25.1 Å². The molecular formula is C24H18N8O2. The van der Waals surface area contributed by atoms with Crippen molar-refractivity contribution in [2.24, 2.45) is 7.05 Å². The van der Waals surface area contributed by atoms with E-state index in [1.165, 1.54) is 0 Å². The third-order valence-electron chi connectivity index (χ3n) is 6.19. The minimum Gasteiger partial charge on any atom is -0.454 e. The van der Waals surface area contributed by atoms with Crippen molar-refractivity contribution in [2.45, 2.75) is 6.92 Å². The van der Waals surface area contributed by atoms with Crippen molar-refractivity contribution < 1.29 is 9.47 Å². The lowest BCUT2D eigenvalue weighted by Crippen LogP contribution is -1.96. The molecule has 6 heterocycles. The number of nitrogens with one attached hydrogen (secondary N) is 2. The molecule has 0 aliphatic carbocycles. The lowest BCUT2D eigenvalue weighted by molar-refractivity contribution is 0.174. The van der Waals surface area contributed by atoms with Crippen LogP contribution in [-0.2, 0) is 7.05 Å². The molecule has 7 rings (SSSR count). The van der Waals surface area contributed by atoms with Crippen molar-refractivity contribution in [2.75, 3.05) is 6.79 Å². The van der Waals surface area contributed by atoms with E-state index in [0.29, 0.717) is 17.2 Å². The molecule has 10 nitrogen and oxygen atoms in total. The van der Waals surface area contributed by atoms with Crippen LogP contribution in [-0.4, -0.2) is 46.5 Å². The molecule has 0 unspecified atom stereocenters. The minimum atomic E-state index is 0.234. The maximum Gasteiger partial charge on any atom is 0.231 e. The second-order valence-corrected chi connectivity index (χ2v) is 8.13. The van der Waals surface area contributed by atoms with Gasteiger partial charge in [0.15, 0.2) is 28.7 Å². The Kier molecular flexibility index (Phi) is 3.81. The molecule has 0 saturated heterocycles. The minimum absolute atomic E-state index is 0.234. The van der Waals surface area contributed by atoms with Gasteiger partial charge in [-0.1, -0.05) is 6.07 Å². The first-order chi connectivity index (χ1) is 16.7. The third kappa shape index (κ3) is 2.71. The topological polar surface area (TPSA) is 119 Å². The average molecular weight is 450 g/mol. The maximum atomic E-state index is 5.55. The molecule has 0 bridgehead atoms. The number of imidazole rings is 2. The predicted octanol–water partition coefficient (Wildman–Crippen LogP) is 4.00. The van der Waals surface area contributed by atoms with Gasteiger partial charge in [0, 0.05) is 18.8 Å². The standard InChI is InChI=1S/C24H18N8O2/c1-12-26-10-17(32(12)2)15-4-5-16-21(27-15)22(31-30-16)24-28-20-14(7-8-25-23(20)29-24)13-3-6-18-19(9-13)34-11-33-18/h3-10H,11H2,1-2H3,(H,30,31)(H,25,28,29). The summed E-state index contributed by atoms with van der Waals surface area (Å²) < 4.78 is 13.0. The molecule has 6 aromatic rings. The first kappa shape index (κ1) is 18.8. The Labute approximate surface area is 192 Å². The number of nitrogens with zero attached hydrogens (tertiary/aromatic N) is 6. The number of aromatic amines is 2. The Hall–Kier alpha value is -4.73. The first-order valence-electron chi connectivity index (χ1n) is 10.7. The second kappa shape index (κ2) is 6.88. The van der Waals surface area contributed by atoms with Crippen LogP contribution in [0.15, 0.2) is 48.8 Å². The van der Waals surface area contributed by atoms with Gasteiger partial charge in [-0.25, -0.2) is 19.9 Å². The molecule has 0 radical (unpaired) electrons. The number of hydrogen-bond donors (Lipinski definition) is 2. The molecule has 0 spiro atoms. The lowest BCUT2D eigenvalue weighted by atomic mass is 10.1. The summed E-state index contributed by atoms with van der Waals surface area (Å²) in [6.07, 6.45) is 3.57. The van der Waals surface area contributed by atoms with E-state index in [4.69, 9.17) is 19.4 Å². The summed E-state index contributed by atoms with van der Waals surface area (Å²) in [7, 11) is 1.97. The van der Waals surface area contributed by atoms with Crippen molar-refractivity contribution in [1.82, 2.24) is 39.7 Å². The van der Waals surface area contributed by atoms with Crippen molar-refractivity contribution >= 4 is 22.2 Å². The van der Waals surface area contributed by atoms with E-state index >= 15 is 0 Å². The summed E-state index contributed by atoms with van der Waals surface area (Å²) in [6, 6.07) is 11.7. The Balaban J connectivity index is 1.37. The molecule has 2 N–H and O–H groups in total. The second-order valence-electron chi connectivity index (χ2n) is 8.13. The Morgan fingerprint density at radius 2 is 1.91 bits per heavy atom. The molecular weight excluding hydrogens is 432 g/mol. The summed E-state index contributed by atoms with van der Waals surface area (Å²) in [4.78, 5) is 21.9. The lowest BCUT2D eigenvalue weighted by Gasteiger charge is -2.04. The maximum absolute atomic E-state index is 5.55. The zero-order valence-corrected chi connectivity index (χ0v) is 18.3. The summed E-state index contributed by atoms with van der Waals surface area (Å²) in [6.45, 7) is 2.20. The zero-order valence-electron chi connectivity index (χ0n) is 18.3. The molecule has 1 aliphatic heterocycles. The van der Waals surface area contributed by atoms with Crippen LogP contribution in [0.4, 0.5) is 0 Å². The molecule has 5 aromatic heterocycles. The van der Waals surface area contributed by atoms with E-state index in [1.807, 2.05) is 61.1 Å². The predicted molar refractivity (Wildman–Crippen MR) is 125 cm³/mol. The SMILES string of the molecule is Cc1ncc(-c2ccc3[nH]nc(-c4nc5nccc(-c6ccc7c(c6)OCO7)c5[nH]4)c3n2)n1C. The first-order valence-corrected chi connectivity index (χ1v) is 10.7. The molecule has 166 valence electrons. The molecule has 1 aromatic carbocycles. The smallest absolute Gasteiger partial charge is 0.231 e. The number of aromatic nitrogens is 8. The van der Waals surface area contributed by atoms with Gasteiger partial charge in [0.25, 0.3) is 0 Å². The van der Waals surface area contributed by atoms with E-state index in [-0.39, 0.29) is 6.79 Å². The summed E-state index contributed by atoms with van der Waals surface area (Å²) >= 11 is 0. The Morgan fingerprint density at radius 3 is 2.79 bits per heavy atom. The number of H-pyrrole nitrogens is 2. The molecule has 0 saturated carbocycles. The van der Waals surface area contributed by atoms with Gasteiger partial charge in [0.2, 0.25) is 6.79 Å². The van der Waals surface area contributed by atoms with Crippen LogP contribution in [0.5, 0.6) is 11.5 Å². The Bertz CT molecular complexity index is 1730. The number of benzene rings is 1. The largest absolute Gasteiger partial charge is 0.454 e. The highest BCUT2D eigenvalue weighted by atomic mass is 16.7. The van der Waals surface area contributed by atoms with Crippen LogP contribution in [0.25, 0.3) is 56.2 Å². The van der Waals surface area contributed by atoms with Crippen LogP contribution in [0.1, 0.15) is 5.82 Å². The van der Waals surface area contributed by atoms with Gasteiger partial charge in [-0.2, -0.15) is 5.10 Å². The fourth-order valence-corrected chi connectivity index (χ4v) is 4.27. The molecule has 0 fully saturated rings. The average Bonchev–Trinajstić information content (AvgIpc) is 3.64. The van der Waals surface area contributed by atoms with Crippen molar-refractivity contribution in [3.05, 3.63) is 54.6 Å². The summed E-state index contributed by atoms with van der Waals surface area (Å²) in [5.74, 6) is 2.98. The molecule has 0 amide bonds. The molecule has 34 heavy (non-hydrogen) atoms. The van der Waals surface area contributed by atoms with Gasteiger partial charge in [0.05, 0.1) is 28.6 Å². The van der Waals surface area contributed by atoms with Crippen molar-refractivity contribution in [3.8, 4) is 45.5 Å². The Morgan fingerprint density at radius 1 is 1.00 bits per heavy atom. The van der Waals surface area contributed by atoms with Crippen LogP contribution in [0.2, 0.25) is 0 Å². The van der Waals surface area contributed by atoms with Gasteiger partial charge < -0.3 is 19.0 Å². The fraction of sp³-hybridized carbons (Fsp3) is 0.125. The molecule has 10 heteroatoms. The number of aryl methyl sites for hydroxylation is 1. The van der Waals surface area contributed by atoms with E-state index in [1.54, 1.807) is 6.20 Å². The van der Waals surface area contributed by atoms with Gasteiger partial charge >= 0.3 is 0 Å². The van der Waals surface area contributed by atoms with Crippen LogP contribution in [0.3, 0.4) is 0 Å². The highest BCUT2D eigenvalue weighted by molar-refractivity contribution is 5.95. The van der Waals surface area contributed by atoms with Crippen molar-refractivity contribution in [3.63, 3.8) is 0 Å².